The van der Waals surface area contributed by atoms with E-state index in [1.54, 1.807) is 48.5 Å². The molecule has 0 bridgehead atoms. The lowest BCUT2D eigenvalue weighted by Crippen LogP contribution is -2.30. The SMILES string of the molecule is COc1cccc([C@H](CC(=O)O)NC(=O)c2cc(O)n(-c3ccc(Cl)cc3)n2)c1. The molecule has 3 rings (SSSR count). The number of aromatic nitrogens is 2. The standard InChI is InChI=1S/C20H18ClN3O5/c1-29-15-4-2-3-12(9-15)16(11-19(26)27)22-20(28)17-10-18(25)24(23-17)14-7-5-13(21)6-8-14/h2-10,16,25H,11H2,1H3,(H,22,28)(H,26,27)/t16-/m0/s1. The largest absolute Gasteiger partial charge is 0.497 e. The van der Waals surface area contributed by atoms with Crippen molar-refractivity contribution in [3.05, 3.63) is 70.9 Å². The third kappa shape index (κ3) is 4.85. The van der Waals surface area contributed by atoms with E-state index in [4.69, 9.17) is 16.3 Å². The first-order valence-electron chi connectivity index (χ1n) is 8.59. The number of ether oxygens (including phenoxy) is 1. The van der Waals surface area contributed by atoms with Gasteiger partial charge >= 0.3 is 5.97 Å². The molecule has 1 amide bonds. The average Bonchev–Trinajstić information content (AvgIpc) is 3.09. The Morgan fingerprint density at radius 2 is 1.93 bits per heavy atom. The van der Waals surface area contributed by atoms with Crippen molar-refractivity contribution in [2.45, 2.75) is 12.5 Å². The van der Waals surface area contributed by atoms with Crippen LogP contribution < -0.4 is 10.1 Å². The monoisotopic (exact) mass is 415 g/mol. The maximum absolute atomic E-state index is 12.7. The van der Waals surface area contributed by atoms with Crippen molar-refractivity contribution in [3.63, 3.8) is 0 Å². The Hall–Kier alpha value is -3.52. The highest BCUT2D eigenvalue weighted by Crippen LogP contribution is 2.24. The van der Waals surface area contributed by atoms with Gasteiger partial charge in [-0.15, -0.1) is 0 Å². The minimum atomic E-state index is -1.08. The van der Waals surface area contributed by atoms with Gasteiger partial charge in [-0.25, -0.2) is 4.68 Å². The molecule has 1 heterocycles. The lowest BCUT2D eigenvalue weighted by molar-refractivity contribution is -0.137. The van der Waals surface area contributed by atoms with Crippen LogP contribution in [0.5, 0.6) is 11.6 Å². The third-order valence-electron chi connectivity index (χ3n) is 4.17. The summed E-state index contributed by atoms with van der Waals surface area (Å²) in [6.45, 7) is 0. The van der Waals surface area contributed by atoms with Gasteiger partial charge in [0.1, 0.15) is 5.75 Å². The highest BCUT2D eigenvalue weighted by Gasteiger charge is 2.22. The van der Waals surface area contributed by atoms with Crippen LogP contribution in [0.25, 0.3) is 5.69 Å². The van der Waals surface area contributed by atoms with Gasteiger partial charge in [-0.3, -0.25) is 9.59 Å². The number of hydrogen-bond donors (Lipinski definition) is 3. The van der Waals surface area contributed by atoms with Gasteiger partial charge in [0.2, 0.25) is 5.88 Å². The second kappa shape index (κ2) is 8.66. The van der Waals surface area contributed by atoms with E-state index < -0.39 is 17.9 Å². The quantitative estimate of drug-likeness (QED) is 0.546. The Morgan fingerprint density at radius 1 is 1.21 bits per heavy atom. The molecule has 29 heavy (non-hydrogen) atoms. The lowest BCUT2D eigenvalue weighted by Gasteiger charge is -2.17. The predicted molar refractivity (Wildman–Crippen MR) is 106 cm³/mol. The van der Waals surface area contributed by atoms with E-state index in [0.717, 1.165) is 0 Å². The Kier molecular flexibility index (Phi) is 6.04. The van der Waals surface area contributed by atoms with Gasteiger partial charge in [0.25, 0.3) is 5.91 Å². The van der Waals surface area contributed by atoms with Crippen LogP contribution in [0.2, 0.25) is 5.02 Å². The van der Waals surface area contributed by atoms with E-state index in [-0.39, 0.29) is 18.0 Å². The van der Waals surface area contributed by atoms with Crippen molar-refractivity contribution in [1.82, 2.24) is 15.1 Å². The highest BCUT2D eigenvalue weighted by atomic mass is 35.5. The van der Waals surface area contributed by atoms with Crippen LogP contribution in [0, 0.1) is 0 Å². The van der Waals surface area contributed by atoms with Crippen molar-refractivity contribution in [2.24, 2.45) is 0 Å². The first-order chi connectivity index (χ1) is 13.9. The molecule has 0 saturated carbocycles. The summed E-state index contributed by atoms with van der Waals surface area (Å²) >= 11 is 5.86. The van der Waals surface area contributed by atoms with Crippen LogP contribution >= 0.6 is 11.6 Å². The Bertz CT molecular complexity index is 1030. The predicted octanol–water partition coefficient (Wildman–Crippen LogP) is 3.19. The van der Waals surface area contributed by atoms with Crippen LogP contribution in [0.4, 0.5) is 0 Å². The van der Waals surface area contributed by atoms with E-state index in [0.29, 0.717) is 22.0 Å². The molecular weight excluding hydrogens is 398 g/mol. The van der Waals surface area contributed by atoms with Gasteiger partial charge in [-0.05, 0) is 42.0 Å². The number of carboxylic acids is 1. The molecule has 0 aliphatic rings. The van der Waals surface area contributed by atoms with Crippen molar-refractivity contribution >= 4 is 23.5 Å². The number of nitrogens with zero attached hydrogens (tertiary/aromatic N) is 2. The zero-order chi connectivity index (χ0) is 21.0. The average molecular weight is 416 g/mol. The van der Waals surface area contributed by atoms with E-state index >= 15 is 0 Å². The first-order valence-corrected chi connectivity index (χ1v) is 8.96. The minimum absolute atomic E-state index is 0.0595. The number of methoxy groups -OCH3 is 1. The molecule has 0 spiro atoms. The first kappa shape index (κ1) is 20.2. The molecule has 150 valence electrons. The molecule has 0 aliphatic carbocycles. The van der Waals surface area contributed by atoms with E-state index in [2.05, 4.69) is 10.4 Å². The molecule has 3 N–H and O–H groups in total. The molecule has 1 atom stereocenters. The fraction of sp³-hybridized carbons (Fsp3) is 0.150. The van der Waals surface area contributed by atoms with Gasteiger partial charge in [0.05, 0.1) is 25.3 Å². The van der Waals surface area contributed by atoms with E-state index in [1.165, 1.54) is 17.9 Å². The number of benzene rings is 2. The Morgan fingerprint density at radius 3 is 2.59 bits per heavy atom. The number of hydrogen-bond acceptors (Lipinski definition) is 5. The number of amides is 1. The molecule has 8 nitrogen and oxygen atoms in total. The summed E-state index contributed by atoms with van der Waals surface area (Å²) in [5.74, 6) is -1.40. The smallest absolute Gasteiger partial charge is 0.305 e. The normalized spacial score (nSPS) is 11.7. The van der Waals surface area contributed by atoms with E-state index in [1.807, 2.05) is 0 Å². The Balaban J connectivity index is 1.85. The maximum atomic E-state index is 12.7. The van der Waals surface area contributed by atoms with Crippen LogP contribution in [0.3, 0.4) is 0 Å². The number of carboxylic acid groups (broad SMARTS) is 1. The van der Waals surface area contributed by atoms with Gasteiger partial charge in [-0.1, -0.05) is 23.7 Å². The molecule has 0 saturated heterocycles. The molecule has 9 heteroatoms. The number of aromatic hydroxyl groups is 1. The third-order valence-corrected chi connectivity index (χ3v) is 4.43. The van der Waals surface area contributed by atoms with Crippen LogP contribution in [-0.4, -0.2) is 39.0 Å². The van der Waals surface area contributed by atoms with Crippen molar-refractivity contribution in [1.29, 1.82) is 0 Å². The number of carbonyl (C=O) groups excluding carboxylic acids is 1. The van der Waals surface area contributed by atoms with Gasteiger partial charge in [-0.2, -0.15) is 5.10 Å². The lowest BCUT2D eigenvalue weighted by atomic mass is 10.0. The molecule has 0 unspecified atom stereocenters. The van der Waals surface area contributed by atoms with Gasteiger partial charge < -0.3 is 20.3 Å². The number of rotatable bonds is 7. The van der Waals surface area contributed by atoms with Gasteiger partial charge in [0.15, 0.2) is 5.69 Å². The van der Waals surface area contributed by atoms with E-state index in [9.17, 15) is 19.8 Å². The zero-order valence-electron chi connectivity index (χ0n) is 15.4. The molecule has 0 fully saturated rings. The summed E-state index contributed by atoms with van der Waals surface area (Å²) in [6.07, 6.45) is -0.331. The number of halogens is 1. The van der Waals surface area contributed by atoms with Crippen LogP contribution in [-0.2, 0) is 4.79 Å². The van der Waals surface area contributed by atoms with Crippen molar-refractivity contribution in [2.75, 3.05) is 7.11 Å². The summed E-state index contributed by atoms with van der Waals surface area (Å²) in [7, 11) is 1.50. The molecular formula is C20H18ClN3O5. The van der Waals surface area contributed by atoms with Crippen LogP contribution in [0.1, 0.15) is 28.5 Å². The molecule has 0 aliphatic heterocycles. The summed E-state index contributed by atoms with van der Waals surface area (Å²) in [5.41, 5.74) is 1.03. The molecule has 0 radical (unpaired) electrons. The summed E-state index contributed by atoms with van der Waals surface area (Å²) in [6, 6.07) is 13.7. The fourth-order valence-corrected chi connectivity index (χ4v) is 2.90. The molecule has 1 aromatic heterocycles. The number of carbonyl (C=O) groups is 2. The summed E-state index contributed by atoms with van der Waals surface area (Å²) < 4.78 is 6.34. The van der Waals surface area contributed by atoms with Gasteiger partial charge in [0, 0.05) is 11.1 Å². The fourth-order valence-electron chi connectivity index (χ4n) is 2.77. The molecule has 2 aromatic carbocycles. The topological polar surface area (TPSA) is 114 Å². The zero-order valence-corrected chi connectivity index (χ0v) is 16.1. The minimum Gasteiger partial charge on any atom is -0.497 e. The maximum Gasteiger partial charge on any atom is 0.305 e. The Labute approximate surface area is 171 Å². The number of nitrogens with one attached hydrogen (secondary N) is 1. The second-order valence-corrected chi connectivity index (χ2v) is 6.61. The summed E-state index contributed by atoms with van der Waals surface area (Å²) in [4.78, 5) is 23.9. The van der Waals surface area contributed by atoms with Crippen molar-refractivity contribution < 1.29 is 24.5 Å². The van der Waals surface area contributed by atoms with Crippen molar-refractivity contribution in [3.8, 4) is 17.3 Å². The number of aliphatic carboxylic acids is 1. The molecule has 3 aromatic rings. The van der Waals surface area contributed by atoms with Crippen LogP contribution in [0.15, 0.2) is 54.6 Å². The summed E-state index contributed by atoms with van der Waals surface area (Å²) in [5, 5.41) is 26.6. The highest BCUT2D eigenvalue weighted by molar-refractivity contribution is 6.30. The second-order valence-electron chi connectivity index (χ2n) is 6.18.